The van der Waals surface area contributed by atoms with E-state index in [2.05, 4.69) is 0 Å². The Balaban J connectivity index is 3.49. The van der Waals surface area contributed by atoms with Gasteiger partial charge < -0.3 is 15.1 Å². The fourth-order valence-corrected chi connectivity index (χ4v) is 2.70. The third-order valence-electron chi connectivity index (χ3n) is 3.88. The van der Waals surface area contributed by atoms with Crippen molar-refractivity contribution >= 4 is 12.2 Å². The molecule has 26 heavy (non-hydrogen) atoms. The number of hydrogen-bond acceptors (Lipinski definition) is 2. The van der Waals surface area contributed by atoms with Crippen molar-refractivity contribution in [2.75, 3.05) is 13.1 Å². The van der Waals surface area contributed by atoms with E-state index in [1.807, 2.05) is 0 Å². The van der Waals surface area contributed by atoms with Crippen LogP contribution in [0.4, 0.5) is 22.8 Å². The van der Waals surface area contributed by atoms with Gasteiger partial charge in [-0.3, -0.25) is 4.90 Å². The summed E-state index contributed by atoms with van der Waals surface area (Å²) < 4.78 is 39.1. The minimum atomic E-state index is -4.59. The number of nitrogens with zero attached hydrogens (tertiary/aromatic N) is 2. The van der Waals surface area contributed by atoms with Gasteiger partial charge in [0.05, 0.1) is 11.6 Å². The van der Waals surface area contributed by atoms with Gasteiger partial charge in [0.2, 0.25) is 0 Å². The summed E-state index contributed by atoms with van der Waals surface area (Å²) >= 11 is 0. The molecule has 1 atom stereocenters. The van der Waals surface area contributed by atoms with Crippen LogP contribution in [0.25, 0.3) is 0 Å². The predicted octanol–water partition coefficient (Wildman–Crippen LogP) is 4.52. The first-order valence-electron chi connectivity index (χ1n) is 7.96. The summed E-state index contributed by atoms with van der Waals surface area (Å²) in [5.41, 5.74) is -1.79. The van der Waals surface area contributed by atoms with Crippen LogP contribution in [0.15, 0.2) is 24.3 Å². The molecular formula is C17H23F3N2O4. The zero-order valence-corrected chi connectivity index (χ0v) is 15.0. The molecule has 0 aliphatic heterocycles. The van der Waals surface area contributed by atoms with Crippen LogP contribution in [0.5, 0.6) is 0 Å². The summed E-state index contributed by atoms with van der Waals surface area (Å²) in [7, 11) is 0. The molecule has 0 heterocycles. The molecule has 1 aromatic carbocycles. The maximum Gasteiger partial charge on any atom is 0.416 e. The topological polar surface area (TPSA) is 81.1 Å². The van der Waals surface area contributed by atoms with Crippen molar-refractivity contribution < 1.29 is 33.0 Å². The van der Waals surface area contributed by atoms with E-state index in [0.717, 1.165) is 21.9 Å². The molecular weight excluding hydrogens is 353 g/mol. The zero-order chi connectivity index (χ0) is 20.3. The Morgan fingerprint density at radius 2 is 1.69 bits per heavy atom. The molecule has 0 radical (unpaired) electrons. The quantitative estimate of drug-likeness (QED) is 0.791. The molecule has 0 aliphatic carbocycles. The van der Waals surface area contributed by atoms with Crippen molar-refractivity contribution in [3.63, 3.8) is 0 Å². The molecule has 0 spiro atoms. The molecule has 146 valence electrons. The Labute approximate surface area is 149 Å². The van der Waals surface area contributed by atoms with E-state index in [0.29, 0.717) is 0 Å². The van der Waals surface area contributed by atoms with Gasteiger partial charge in [-0.05, 0) is 45.4 Å². The summed E-state index contributed by atoms with van der Waals surface area (Å²) in [5.74, 6) is 0. The number of amides is 2. The van der Waals surface area contributed by atoms with Crippen LogP contribution in [-0.4, -0.2) is 50.8 Å². The molecule has 1 rings (SSSR count). The van der Waals surface area contributed by atoms with Crippen LogP contribution >= 0.6 is 0 Å². The third kappa shape index (κ3) is 5.27. The summed E-state index contributed by atoms with van der Waals surface area (Å²) in [6.45, 7) is 6.15. The van der Waals surface area contributed by atoms with Gasteiger partial charge in [-0.2, -0.15) is 13.2 Å². The van der Waals surface area contributed by atoms with Gasteiger partial charge in [0.15, 0.2) is 0 Å². The number of carboxylic acid groups (broad SMARTS) is 2. The normalized spacial score (nSPS) is 13.2. The van der Waals surface area contributed by atoms with Crippen molar-refractivity contribution in [2.24, 2.45) is 0 Å². The first-order chi connectivity index (χ1) is 11.8. The number of rotatable bonds is 5. The highest BCUT2D eigenvalue weighted by atomic mass is 19.4. The van der Waals surface area contributed by atoms with Gasteiger partial charge in [0.1, 0.15) is 0 Å². The Morgan fingerprint density at radius 1 is 1.12 bits per heavy atom. The van der Waals surface area contributed by atoms with Gasteiger partial charge in [0, 0.05) is 18.6 Å². The monoisotopic (exact) mass is 376 g/mol. The van der Waals surface area contributed by atoms with E-state index >= 15 is 0 Å². The van der Waals surface area contributed by atoms with Crippen LogP contribution in [0.3, 0.4) is 0 Å². The number of benzene rings is 1. The third-order valence-corrected chi connectivity index (χ3v) is 3.88. The van der Waals surface area contributed by atoms with Crippen molar-refractivity contribution in [1.82, 2.24) is 9.80 Å². The van der Waals surface area contributed by atoms with E-state index in [4.69, 9.17) is 0 Å². The Morgan fingerprint density at radius 3 is 2.08 bits per heavy atom. The van der Waals surface area contributed by atoms with Crippen molar-refractivity contribution in [2.45, 2.75) is 45.5 Å². The molecule has 2 amide bonds. The second kappa shape index (κ2) is 7.84. The molecule has 6 nitrogen and oxygen atoms in total. The lowest BCUT2D eigenvalue weighted by Gasteiger charge is -2.41. The molecule has 0 saturated carbocycles. The van der Waals surface area contributed by atoms with E-state index < -0.39 is 35.5 Å². The Bertz CT molecular complexity index is 656. The van der Waals surface area contributed by atoms with Gasteiger partial charge >= 0.3 is 18.4 Å². The van der Waals surface area contributed by atoms with Gasteiger partial charge in [0.25, 0.3) is 0 Å². The highest BCUT2D eigenvalue weighted by Gasteiger charge is 2.37. The molecule has 0 fully saturated rings. The number of hydrogen-bond donors (Lipinski definition) is 2. The SMILES string of the molecule is CCN(CC(c1cccc(C(F)(F)F)c1)N(C(=O)O)C(C)(C)C)C(=O)O. The first-order valence-corrected chi connectivity index (χ1v) is 7.96. The number of halogens is 3. The molecule has 0 saturated heterocycles. The second-order valence-corrected chi connectivity index (χ2v) is 6.78. The summed E-state index contributed by atoms with van der Waals surface area (Å²) in [4.78, 5) is 25.1. The highest BCUT2D eigenvalue weighted by Crippen LogP contribution is 2.34. The van der Waals surface area contributed by atoms with Crippen molar-refractivity contribution in [3.05, 3.63) is 35.4 Å². The minimum absolute atomic E-state index is 0.0718. The van der Waals surface area contributed by atoms with E-state index in [1.165, 1.54) is 12.1 Å². The minimum Gasteiger partial charge on any atom is -0.465 e. The maximum atomic E-state index is 13.0. The highest BCUT2D eigenvalue weighted by molar-refractivity contribution is 5.68. The van der Waals surface area contributed by atoms with Gasteiger partial charge in [-0.1, -0.05) is 12.1 Å². The fourth-order valence-electron chi connectivity index (χ4n) is 2.70. The van der Waals surface area contributed by atoms with Gasteiger partial charge in [-0.25, -0.2) is 9.59 Å². The summed E-state index contributed by atoms with van der Waals surface area (Å²) in [5, 5.41) is 18.9. The lowest BCUT2D eigenvalue weighted by Crippen LogP contribution is -2.51. The standard InChI is InChI=1S/C17H23F3N2O4/c1-5-21(14(23)24)10-13(22(15(25)26)16(2,3)4)11-7-6-8-12(9-11)17(18,19)20/h6-9,13H,5,10H2,1-4H3,(H,23,24)(H,25,26). The number of likely N-dealkylation sites (N-methyl/N-ethyl adjacent to an activating group) is 1. The molecule has 2 N–H and O–H groups in total. The maximum absolute atomic E-state index is 13.0. The average Bonchev–Trinajstić information content (AvgIpc) is 2.48. The van der Waals surface area contributed by atoms with Crippen LogP contribution in [0.1, 0.15) is 44.9 Å². The second-order valence-electron chi connectivity index (χ2n) is 6.78. The van der Waals surface area contributed by atoms with Gasteiger partial charge in [-0.15, -0.1) is 0 Å². The lowest BCUT2D eigenvalue weighted by atomic mass is 9.96. The van der Waals surface area contributed by atoms with E-state index in [9.17, 15) is 33.0 Å². The van der Waals surface area contributed by atoms with Crippen LogP contribution in [0, 0.1) is 0 Å². The number of carbonyl (C=O) groups is 2. The zero-order valence-electron chi connectivity index (χ0n) is 15.0. The molecule has 9 heteroatoms. The first kappa shape index (κ1) is 21.6. The molecule has 1 unspecified atom stereocenters. The predicted molar refractivity (Wildman–Crippen MR) is 89.1 cm³/mol. The van der Waals surface area contributed by atoms with E-state index in [-0.39, 0.29) is 18.7 Å². The Kier molecular flexibility index (Phi) is 6.51. The smallest absolute Gasteiger partial charge is 0.416 e. The van der Waals surface area contributed by atoms with Crippen LogP contribution in [-0.2, 0) is 6.18 Å². The molecule has 0 aliphatic rings. The average molecular weight is 376 g/mol. The lowest BCUT2D eigenvalue weighted by molar-refractivity contribution is -0.137. The van der Waals surface area contributed by atoms with E-state index in [1.54, 1.807) is 27.7 Å². The molecule has 1 aromatic rings. The van der Waals surface area contributed by atoms with Crippen molar-refractivity contribution in [1.29, 1.82) is 0 Å². The summed E-state index contributed by atoms with van der Waals surface area (Å²) in [6.07, 6.45) is -7.21. The molecule has 0 bridgehead atoms. The summed E-state index contributed by atoms with van der Waals surface area (Å²) in [6, 6.07) is 3.22. The Hall–Kier alpha value is -2.45. The van der Waals surface area contributed by atoms with Crippen LogP contribution < -0.4 is 0 Å². The number of alkyl halides is 3. The molecule has 0 aromatic heterocycles. The van der Waals surface area contributed by atoms with Crippen LogP contribution in [0.2, 0.25) is 0 Å². The van der Waals surface area contributed by atoms with Crippen molar-refractivity contribution in [3.8, 4) is 0 Å². The fraction of sp³-hybridized carbons (Fsp3) is 0.529. The largest absolute Gasteiger partial charge is 0.465 e.